The molecular formula is C17H28N2O3. The lowest BCUT2D eigenvalue weighted by molar-refractivity contribution is -0.0277. The Morgan fingerprint density at radius 2 is 2.14 bits per heavy atom. The van der Waals surface area contributed by atoms with Gasteiger partial charge in [0.05, 0.1) is 31.6 Å². The monoisotopic (exact) mass is 308 g/mol. The Kier molecular flexibility index (Phi) is 5.53. The molecule has 1 N–H and O–H groups in total. The van der Waals surface area contributed by atoms with Gasteiger partial charge in [-0.15, -0.1) is 0 Å². The summed E-state index contributed by atoms with van der Waals surface area (Å²) in [6, 6.07) is 6.52. The number of benzene rings is 1. The Labute approximate surface area is 133 Å². The molecule has 5 nitrogen and oxygen atoms in total. The Balaban J connectivity index is 2.14. The molecule has 0 unspecified atom stereocenters. The van der Waals surface area contributed by atoms with E-state index in [1.807, 2.05) is 0 Å². The van der Waals surface area contributed by atoms with Crippen molar-refractivity contribution in [3.05, 3.63) is 18.2 Å². The Hall–Kier alpha value is -1.46. The summed E-state index contributed by atoms with van der Waals surface area (Å²) in [5.41, 5.74) is 2.04. The summed E-state index contributed by atoms with van der Waals surface area (Å²) in [7, 11) is 3.41. The van der Waals surface area contributed by atoms with Gasteiger partial charge in [0.25, 0.3) is 0 Å². The van der Waals surface area contributed by atoms with Gasteiger partial charge in [0.2, 0.25) is 0 Å². The molecule has 0 amide bonds. The lowest BCUT2D eigenvalue weighted by Gasteiger charge is -2.39. The molecule has 1 saturated heterocycles. The van der Waals surface area contributed by atoms with Gasteiger partial charge < -0.3 is 24.4 Å². The SMILES string of the molecule is COC[C@H](C)Nc1ccc(N2CCOC(C)(C)C2)cc1OC. The van der Waals surface area contributed by atoms with Crippen molar-refractivity contribution < 1.29 is 14.2 Å². The Bertz CT molecular complexity index is 491. The van der Waals surface area contributed by atoms with E-state index >= 15 is 0 Å². The third kappa shape index (κ3) is 4.27. The molecule has 1 fully saturated rings. The third-order valence-electron chi connectivity index (χ3n) is 3.79. The van der Waals surface area contributed by atoms with Crippen LogP contribution in [0.1, 0.15) is 20.8 Å². The van der Waals surface area contributed by atoms with Crippen LogP contribution in [-0.4, -0.2) is 52.2 Å². The molecule has 22 heavy (non-hydrogen) atoms. The van der Waals surface area contributed by atoms with E-state index in [0.717, 1.165) is 36.8 Å². The number of hydrogen-bond donors (Lipinski definition) is 1. The molecule has 0 bridgehead atoms. The number of rotatable bonds is 6. The summed E-state index contributed by atoms with van der Waals surface area (Å²) < 4.78 is 16.5. The van der Waals surface area contributed by atoms with Gasteiger partial charge >= 0.3 is 0 Å². The zero-order chi connectivity index (χ0) is 16.2. The van der Waals surface area contributed by atoms with Crippen LogP contribution < -0.4 is 15.0 Å². The average Bonchev–Trinajstić information content (AvgIpc) is 2.46. The summed E-state index contributed by atoms with van der Waals surface area (Å²) >= 11 is 0. The molecule has 0 spiro atoms. The highest BCUT2D eigenvalue weighted by Gasteiger charge is 2.27. The van der Waals surface area contributed by atoms with Crippen LogP contribution in [0, 0.1) is 0 Å². The third-order valence-corrected chi connectivity index (χ3v) is 3.79. The van der Waals surface area contributed by atoms with E-state index in [0.29, 0.717) is 6.61 Å². The Morgan fingerprint density at radius 1 is 1.36 bits per heavy atom. The summed E-state index contributed by atoms with van der Waals surface area (Å²) in [6.45, 7) is 9.52. The molecule has 5 heteroatoms. The maximum absolute atomic E-state index is 5.78. The average molecular weight is 308 g/mol. The first-order chi connectivity index (χ1) is 10.4. The topological polar surface area (TPSA) is 43.0 Å². The Morgan fingerprint density at radius 3 is 2.77 bits per heavy atom. The van der Waals surface area contributed by atoms with Gasteiger partial charge in [-0.3, -0.25) is 0 Å². The first-order valence-corrected chi connectivity index (χ1v) is 7.77. The number of morpholine rings is 1. The molecule has 0 saturated carbocycles. The molecule has 1 aromatic rings. The second kappa shape index (κ2) is 7.20. The standard InChI is InChI=1S/C17H28N2O3/c1-13(11-20-4)18-15-7-6-14(10-16(15)21-5)19-8-9-22-17(2,3)12-19/h6-7,10,13,18H,8-9,11-12H2,1-5H3/t13-/m0/s1. The predicted octanol–water partition coefficient (Wildman–Crippen LogP) is 2.76. The predicted molar refractivity (Wildman–Crippen MR) is 90.2 cm³/mol. The van der Waals surface area contributed by atoms with Crippen LogP contribution in [0.2, 0.25) is 0 Å². The quantitative estimate of drug-likeness (QED) is 0.875. The largest absolute Gasteiger partial charge is 0.495 e. The number of methoxy groups -OCH3 is 2. The number of anilines is 2. The fraction of sp³-hybridized carbons (Fsp3) is 0.647. The first-order valence-electron chi connectivity index (χ1n) is 7.77. The minimum atomic E-state index is -0.116. The molecular weight excluding hydrogens is 280 g/mol. The molecule has 1 aliphatic rings. The van der Waals surface area contributed by atoms with E-state index in [1.165, 1.54) is 0 Å². The molecule has 1 heterocycles. The fourth-order valence-corrected chi connectivity index (χ4v) is 2.79. The van der Waals surface area contributed by atoms with Gasteiger partial charge in [-0.25, -0.2) is 0 Å². The van der Waals surface area contributed by atoms with E-state index in [9.17, 15) is 0 Å². The van der Waals surface area contributed by atoms with Crippen molar-refractivity contribution in [3.8, 4) is 5.75 Å². The minimum absolute atomic E-state index is 0.116. The summed E-state index contributed by atoms with van der Waals surface area (Å²) in [4.78, 5) is 2.34. The highest BCUT2D eigenvalue weighted by Crippen LogP contribution is 2.32. The first kappa shape index (κ1) is 16.9. The number of nitrogens with one attached hydrogen (secondary N) is 1. The fourth-order valence-electron chi connectivity index (χ4n) is 2.79. The highest BCUT2D eigenvalue weighted by molar-refractivity contribution is 5.65. The van der Waals surface area contributed by atoms with Crippen LogP contribution in [0.25, 0.3) is 0 Å². The van der Waals surface area contributed by atoms with Gasteiger partial charge in [-0.2, -0.15) is 0 Å². The summed E-state index contributed by atoms with van der Waals surface area (Å²) in [5.74, 6) is 0.852. The number of hydrogen-bond acceptors (Lipinski definition) is 5. The lowest BCUT2D eigenvalue weighted by atomic mass is 10.1. The molecule has 2 rings (SSSR count). The highest BCUT2D eigenvalue weighted by atomic mass is 16.5. The molecule has 0 aliphatic carbocycles. The van der Waals surface area contributed by atoms with Gasteiger partial charge in [0, 0.05) is 38.0 Å². The van der Waals surface area contributed by atoms with E-state index in [-0.39, 0.29) is 11.6 Å². The van der Waals surface area contributed by atoms with E-state index < -0.39 is 0 Å². The van der Waals surface area contributed by atoms with Crippen molar-refractivity contribution in [2.45, 2.75) is 32.4 Å². The smallest absolute Gasteiger partial charge is 0.144 e. The molecule has 1 aromatic carbocycles. The van der Waals surface area contributed by atoms with Crippen molar-refractivity contribution in [1.82, 2.24) is 0 Å². The van der Waals surface area contributed by atoms with Crippen molar-refractivity contribution in [2.24, 2.45) is 0 Å². The van der Waals surface area contributed by atoms with Crippen molar-refractivity contribution in [2.75, 3.05) is 50.7 Å². The normalized spacial score (nSPS) is 18.9. The van der Waals surface area contributed by atoms with Gasteiger partial charge in [0.1, 0.15) is 5.75 Å². The molecule has 1 aliphatic heterocycles. The summed E-state index contributed by atoms with van der Waals surface area (Å²) in [5, 5.41) is 3.42. The van der Waals surface area contributed by atoms with Crippen LogP contribution in [-0.2, 0) is 9.47 Å². The minimum Gasteiger partial charge on any atom is -0.495 e. The zero-order valence-corrected chi connectivity index (χ0v) is 14.3. The van der Waals surface area contributed by atoms with Gasteiger partial charge in [-0.05, 0) is 32.9 Å². The van der Waals surface area contributed by atoms with Crippen molar-refractivity contribution >= 4 is 11.4 Å². The van der Waals surface area contributed by atoms with Crippen LogP contribution >= 0.6 is 0 Å². The molecule has 124 valence electrons. The second-order valence-electron chi connectivity index (χ2n) is 6.42. The maximum Gasteiger partial charge on any atom is 0.144 e. The summed E-state index contributed by atoms with van der Waals surface area (Å²) in [6.07, 6.45) is 0. The second-order valence-corrected chi connectivity index (χ2v) is 6.42. The number of ether oxygens (including phenoxy) is 3. The molecule has 1 atom stereocenters. The van der Waals surface area contributed by atoms with Crippen molar-refractivity contribution in [1.29, 1.82) is 0 Å². The zero-order valence-electron chi connectivity index (χ0n) is 14.3. The van der Waals surface area contributed by atoms with Crippen LogP contribution in [0.3, 0.4) is 0 Å². The number of nitrogens with zero attached hydrogens (tertiary/aromatic N) is 1. The van der Waals surface area contributed by atoms with Gasteiger partial charge in [0.15, 0.2) is 0 Å². The van der Waals surface area contributed by atoms with E-state index in [1.54, 1.807) is 14.2 Å². The van der Waals surface area contributed by atoms with Crippen LogP contribution in [0.15, 0.2) is 18.2 Å². The lowest BCUT2D eigenvalue weighted by Crippen LogP contribution is -2.48. The van der Waals surface area contributed by atoms with E-state index in [4.69, 9.17) is 14.2 Å². The van der Waals surface area contributed by atoms with Crippen LogP contribution in [0.5, 0.6) is 5.75 Å². The van der Waals surface area contributed by atoms with Crippen molar-refractivity contribution in [3.63, 3.8) is 0 Å². The maximum atomic E-state index is 5.78. The molecule has 0 radical (unpaired) electrons. The van der Waals surface area contributed by atoms with Crippen LogP contribution in [0.4, 0.5) is 11.4 Å². The van der Waals surface area contributed by atoms with Gasteiger partial charge in [-0.1, -0.05) is 0 Å². The molecule has 0 aromatic heterocycles. The van der Waals surface area contributed by atoms with E-state index in [2.05, 4.69) is 49.2 Å².